The molecular formula is C41H49F8N5O4. The third kappa shape index (κ3) is 10.0. The number of carbonyl (C=O) groups excluding carboxylic acids is 1. The van der Waals surface area contributed by atoms with Gasteiger partial charge in [-0.2, -0.15) is 26.3 Å². The van der Waals surface area contributed by atoms with Crippen LogP contribution in [0.4, 0.5) is 35.1 Å². The van der Waals surface area contributed by atoms with E-state index in [0.29, 0.717) is 54.2 Å². The minimum absolute atomic E-state index is 0.0488. The minimum atomic E-state index is -5.01. The van der Waals surface area contributed by atoms with Gasteiger partial charge in [-0.05, 0) is 113 Å². The number of halogens is 8. The second-order valence-electron chi connectivity index (χ2n) is 17.2. The Balaban J connectivity index is 1.10. The number of aromatic nitrogens is 3. The third-order valence-corrected chi connectivity index (χ3v) is 12.8. The Morgan fingerprint density at radius 2 is 1.60 bits per heavy atom. The average molecular weight is 828 g/mol. The van der Waals surface area contributed by atoms with E-state index in [0.717, 1.165) is 38.3 Å². The number of ether oxygens (including phenoxy) is 1. The lowest BCUT2D eigenvalue weighted by Crippen LogP contribution is -2.42. The van der Waals surface area contributed by atoms with Crippen LogP contribution in [0.1, 0.15) is 112 Å². The molecule has 318 valence electrons. The van der Waals surface area contributed by atoms with Crippen LogP contribution in [0.25, 0.3) is 22.3 Å². The van der Waals surface area contributed by atoms with Crippen molar-refractivity contribution >= 4 is 22.8 Å². The van der Waals surface area contributed by atoms with E-state index >= 15 is 0 Å². The lowest BCUT2D eigenvalue weighted by molar-refractivity contribution is -0.149. The van der Waals surface area contributed by atoms with Crippen LogP contribution >= 0.6 is 0 Å². The molecule has 4 fully saturated rings. The fourth-order valence-electron chi connectivity index (χ4n) is 10.2. The van der Waals surface area contributed by atoms with Gasteiger partial charge in [-0.25, -0.2) is 18.7 Å². The first-order valence-corrected chi connectivity index (χ1v) is 20.2. The van der Waals surface area contributed by atoms with Crippen molar-refractivity contribution in [2.75, 3.05) is 20.1 Å². The van der Waals surface area contributed by atoms with Crippen molar-refractivity contribution in [2.24, 2.45) is 23.7 Å². The quantitative estimate of drug-likeness (QED) is 0.185. The summed E-state index contributed by atoms with van der Waals surface area (Å²) in [5.41, 5.74) is -1.38. The maximum atomic E-state index is 14.6. The van der Waals surface area contributed by atoms with Gasteiger partial charge in [-0.1, -0.05) is 0 Å². The lowest BCUT2D eigenvalue weighted by atomic mass is 9.64. The maximum absolute atomic E-state index is 14.6. The van der Waals surface area contributed by atoms with E-state index < -0.39 is 54.0 Å². The summed E-state index contributed by atoms with van der Waals surface area (Å²) in [5, 5.41) is 12.4. The van der Waals surface area contributed by atoms with Crippen molar-refractivity contribution in [3.63, 3.8) is 0 Å². The Morgan fingerprint density at radius 1 is 0.948 bits per heavy atom. The van der Waals surface area contributed by atoms with Crippen molar-refractivity contribution in [2.45, 2.75) is 126 Å². The average Bonchev–Trinajstić information content (AvgIpc) is 3.51. The summed E-state index contributed by atoms with van der Waals surface area (Å²) in [6.07, 6.45) is -1.40. The first-order valence-electron chi connectivity index (χ1n) is 20.2. The highest BCUT2D eigenvalue weighted by molar-refractivity contribution is 5.97. The molecule has 0 spiro atoms. The normalized spacial score (nSPS) is 26.8. The predicted octanol–water partition coefficient (Wildman–Crippen LogP) is 9.70. The largest absolute Gasteiger partial charge is 0.490 e. The first-order chi connectivity index (χ1) is 27.3. The number of carboxylic acids is 1. The van der Waals surface area contributed by atoms with Gasteiger partial charge in [0, 0.05) is 67.3 Å². The Morgan fingerprint density at radius 3 is 2.22 bits per heavy atom. The van der Waals surface area contributed by atoms with Gasteiger partial charge in [0.2, 0.25) is 5.92 Å². The summed E-state index contributed by atoms with van der Waals surface area (Å²) < 4.78 is 119. The molecule has 7 rings (SSSR count). The molecule has 2 heterocycles. The van der Waals surface area contributed by atoms with Gasteiger partial charge in [-0.15, -0.1) is 0 Å². The molecule has 9 nitrogen and oxygen atoms in total. The molecule has 3 aromatic rings. The summed E-state index contributed by atoms with van der Waals surface area (Å²) in [6.45, 7) is -0.832. The number of rotatable bonds is 11. The molecule has 0 aliphatic heterocycles. The molecular weight excluding hydrogens is 778 g/mol. The summed E-state index contributed by atoms with van der Waals surface area (Å²) in [6, 6.07) is 4.35. The number of nitrogens with zero attached hydrogens (tertiary/aromatic N) is 4. The van der Waals surface area contributed by atoms with Gasteiger partial charge in [-0.3, -0.25) is 14.5 Å². The number of fused-ring (bicyclic) bond motifs is 3. The van der Waals surface area contributed by atoms with Crippen LogP contribution in [0.2, 0.25) is 0 Å². The molecule has 2 bridgehead atoms. The molecule has 0 saturated heterocycles. The van der Waals surface area contributed by atoms with Gasteiger partial charge in [0.1, 0.15) is 5.75 Å². The molecule has 1 aromatic carbocycles. The number of benzene rings is 1. The molecule has 17 heteroatoms. The van der Waals surface area contributed by atoms with Crippen LogP contribution < -0.4 is 10.1 Å². The van der Waals surface area contributed by atoms with Gasteiger partial charge < -0.3 is 19.7 Å². The van der Waals surface area contributed by atoms with Crippen LogP contribution in [0.5, 0.6) is 5.75 Å². The Bertz CT molecular complexity index is 1940. The monoisotopic (exact) mass is 827 g/mol. The standard InChI is InChI=1S/C41H49F8N5O4/c1-53(22-40(44,45)46)27-2-4-29(5-3-27)58-30-6-7-31-33(21-54(34(31)18-30)28-8-10-39(42,43)11-9-28)37-50-20-32(36(52-37)41(47,48)49)38(57)51-19-26-15-23-12-24(16-26)14-25(13-23)17-35(55)56/h6-7,18,20-21,23-29H,2-5,8-17,19,22H2,1H3,(H,51,57)(H,55,56)/t23-,24?,25?,26?,27-,29+/m0/s1. The molecule has 0 radical (unpaired) electrons. The number of nitrogens with one attached hydrogen (secondary N) is 1. The fourth-order valence-corrected chi connectivity index (χ4v) is 10.2. The van der Waals surface area contributed by atoms with Crippen molar-refractivity contribution < 1.29 is 54.6 Å². The van der Waals surface area contributed by atoms with Gasteiger partial charge in [0.05, 0.1) is 23.7 Å². The molecule has 4 aliphatic carbocycles. The van der Waals surface area contributed by atoms with Crippen molar-refractivity contribution in [1.82, 2.24) is 24.8 Å². The van der Waals surface area contributed by atoms with Crippen LogP contribution in [0.3, 0.4) is 0 Å². The van der Waals surface area contributed by atoms with Gasteiger partial charge >= 0.3 is 18.3 Å². The zero-order valence-corrected chi connectivity index (χ0v) is 32.2. The number of alkyl halides is 8. The highest BCUT2D eigenvalue weighted by Crippen LogP contribution is 2.46. The molecule has 58 heavy (non-hydrogen) atoms. The second-order valence-corrected chi connectivity index (χ2v) is 17.2. The topological polar surface area (TPSA) is 110 Å². The SMILES string of the molecule is CN(CC(F)(F)F)[C@H]1CC[C@@H](Oc2ccc3c(-c4ncc(C(=O)NCC5CC6CC(CC(=O)O)C[C@@H](C5)C6)c(C(F)(F)F)n4)cn(C4CCC(F)(F)CC4)c3c2)CC1. The molecule has 1 amide bonds. The maximum Gasteiger partial charge on any atom is 0.434 e. The van der Waals surface area contributed by atoms with Crippen molar-refractivity contribution in [3.8, 4) is 17.1 Å². The number of carbonyl (C=O) groups is 2. The van der Waals surface area contributed by atoms with Gasteiger partial charge in [0.15, 0.2) is 11.5 Å². The molecule has 4 saturated carbocycles. The van der Waals surface area contributed by atoms with E-state index in [2.05, 4.69) is 15.3 Å². The number of amides is 1. The van der Waals surface area contributed by atoms with Gasteiger partial charge in [0.25, 0.3) is 5.91 Å². The first kappa shape index (κ1) is 42.1. The fraction of sp³-hybridized carbons (Fsp3) is 0.659. The van der Waals surface area contributed by atoms with Crippen LogP contribution in [-0.2, 0) is 11.0 Å². The zero-order chi connectivity index (χ0) is 41.6. The zero-order valence-electron chi connectivity index (χ0n) is 32.2. The molecule has 2 aromatic heterocycles. The predicted molar refractivity (Wildman–Crippen MR) is 197 cm³/mol. The molecule has 4 aliphatic rings. The van der Waals surface area contributed by atoms with E-state index in [1.54, 1.807) is 29.0 Å². The molecule has 3 unspecified atom stereocenters. The number of hydrogen-bond acceptors (Lipinski definition) is 6. The summed E-state index contributed by atoms with van der Waals surface area (Å²) in [7, 11) is 1.45. The number of carboxylic acid groups (broad SMARTS) is 1. The highest BCUT2D eigenvalue weighted by Gasteiger charge is 2.41. The van der Waals surface area contributed by atoms with E-state index in [4.69, 9.17) is 4.74 Å². The summed E-state index contributed by atoms with van der Waals surface area (Å²) >= 11 is 0. The van der Waals surface area contributed by atoms with Crippen molar-refractivity contribution in [3.05, 3.63) is 41.9 Å². The summed E-state index contributed by atoms with van der Waals surface area (Å²) in [5.74, 6) is -3.69. The Hall–Kier alpha value is -4.02. The van der Waals surface area contributed by atoms with Crippen LogP contribution in [0, 0.1) is 23.7 Å². The molecule has 2 N–H and O–H groups in total. The highest BCUT2D eigenvalue weighted by atomic mass is 19.4. The van der Waals surface area contributed by atoms with Crippen LogP contribution in [0.15, 0.2) is 30.6 Å². The van der Waals surface area contributed by atoms with E-state index in [1.807, 2.05) is 0 Å². The lowest BCUT2D eigenvalue weighted by Gasteiger charge is -2.42. The van der Waals surface area contributed by atoms with Crippen LogP contribution in [-0.4, -0.2) is 80.8 Å². The number of hydrogen-bond donors (Lipinski definition) is 2. The third-order valence-electron chi connectivity index (χ3n) is 12.8. The Labute approximate surface area is 330 Å². The van der Waals surface area contributed by atoms with Crippen molar-refractivity contribution in [1.29, 1.82) is 0 Å². The second kappa shape index (κ2) is 16.6. The van der Waals surface area contributed by atoms with E-state index in [-0.39, 0.29) is 74.0 Å². The van der Waals surface area contributed by atoms with E-state index in [9.17, 15) is 49.8 Å². The number of aliphatic carboxylic acids is 1. The van der Waals surface area contributed by atoms with E-state index in [1.165, 1.54) is 11.9 Å². The molecule has 4 atom stereocenters. The minimum Gasteiger partial charge on any atom is -0.490 e. The Kier molecular flexibility index (Phi) is 12.0. The summed E-state index contributed by atoms with van der Waals surface area (Å²) in [4.78, 5) is 34.0. The smallest absolute Gasteiger partial charge is 0.434 e.